The molecule has 0 saturated carbocycles. The molecule has 6 heteroatoms. The Morgan fingerprint density at radius 2 is 2.11 bits per heavy atom. The summed E-state index contributed by atoms with van der Waals surface area (Å²) in [5, 5.41) is 5.05. The van der Waals surface area contributed by atoms with Crippen LogP contribution in [0.4, 0.5) is 5.88 Å². The monoisotopic (exact) mass is 335 g/mol. The van der Waals surface area contributed by atoms with E-state index in [0.29, 0.717) is 5.88 Å². The second-order valence-corrected chi connectivity index (χ2v) is 6.08. The number of aryl methyl sites for hydroxylation is 1. The van der Waals surface area contributed by atoms with Crippen molar-refractivity contribution in [2.45, 2.75) is 6.92 Å². The number of aromatic nitrogens is 2. The van der Waals surface area contributed by atoms with E-state index < -0.39 is 0 Å². The molecule has 2 heterocycles. The van der Waals surface area contributed by atoms with E-state index in [-0.39, 0.29) is 0 Å². The highest BCUT2D eigenvalue weighted by atomic mass is 79.9. The molecule has 0 aliphatic heterocycles. The summed E-state index contributed by atoms with van der Waals surface area (Å²) in [6, 6.07) is 7.84. The molecule has 96 valence electrons. The molecule has 1 aromatic carbocycles. The van der Waals surface area contributed by atoms with Gasteiger partial charge in [0.05, 0.1) is 15.4 Å². The van der Waals surface area contributed by atoms with E-state index in [1.807, 2.05) is 31.2 Å². The Labute approximate surface area is 122 Å². The summed E-state index contributed by atoms with van der Waals surface area (Å²) in [6.45, 7) is 1.95. The van der Waals surface area contributed by atoms with Gasteiger partial charge in [0.1, 0.15) is 5.69 Å². The van der Waals surface area contributed by atoms with Crippen LogP contribution >= 0.6 is 27.3 Å². The van der Waals surface area contributed by atoms with Crippen molar-refractivity contribution >= 4 is 33.2 Å². The Bertz CT molecular complexity index is 735. The Hall–Kier alpha value is -1.66. The lowest BCUT2D eigenvalue weighted by molar-refractivity contribution is 0.439. The molecule has 0 spiro atoms. The minimum absolute atomic E-state index is 0.313. The molecule has 3 aromatic rings. The lowest BCUT2D eigenvalue weighted by Gasteiger charge is -2.03. The molecule has 0 amide bonds. The smallest absolute Gasteiger partial charge is 0.230 e. The predicted octanol–water partition coefficient (Wildman–Crippen LogP) is 4.12. The van der Waals surface area contributed by atoms with Crippen LogP contribution in [-0.4, -0.2) is 10.1 Å². The zero-order valence-electron chi connectivity index (χ0n) is 10.1. The van der Waals surface area contributed by atoms with E-state index in [1.165, 1.54) is 0 Å². The fourth-order valence-corrected chi connectivity index (χ4v) is 3.11. The van der Waals surface area contributed by atoms with E-state index in [0.717, 1.165) is 31.2 Å². The van der Waals surface area contributed by atoms with Crippen LogP contribution in [0.25, 0.3) is 21.7 Å². The number of halogens is 1. The summed E-state index contributed by atoms with van der Waals surface area (Å²) >= 11 is 5.09. The Kier molecular flexibility index (Phi) is 3.12. The second-order valence-electron chi connectivity index (χ2n) is 3.99. The van der Waals surface area contributed by atoms with Crippen LogP contribution in [-0.2, 0) is 0 Å². The van der Waals surface area contributed by atoms with Gasteiger partial charge in [-0.25, -0.2) is 4.98 Å². The standard InChI is InChI=1S/C13H10BrN3OS/c1-7-16-6-10(19-7)12-11(13(15)18-17-12)8-4-2-3-5-9(8)14/h2-6H,15H2,1H3. The fraction of sp³-hybridized carbons (Fsp3) is 0.0769. The van der Waals surface area contributed by atoms with Gasteiger partial charge in [-0.2, -0.15) is 0 Å². The number of anilines is 1. The Morgan fingerprint density at radius 1 is 1.32 bits per heavy atom. The first kappa shape index (κ1) is 12.4. The van der Waals surface area contributed by atoms with Crippen LogP contribution in [0.15, 0.2) is 39.5 Å². The minimum atomic E-state index is 0.313. The molecule has 2 N–H and O–H groups in total. The van der Waals surface area contributed by atoms with Gasteiger partial charge in [0.15, 0.2) is 0 Å². The van der Waals surface area contributed by atoms with Crippen LogP contribution < -0.4 is 5.73 Å². The quantitative estimate of drug-likeness (QED) is 0.765. The van der Waals surface area contributed by atoms with Crippen molar-refractivity contribution < 1.29 is 4.52 Å². The SMILES string of the molecule is Cc1ncc(-c2noc(N)c2-c2ccccc2Br)s1. The first-order valence-corrected chi connectivity index (χ1v) is 7.20. The van der Waals surface area contributed by atoms with Crippen LogP contribution in [0.3, 0.4) is 0 Å². The zero-order valence-corrected chi connectivity index (χ0v) is 12.5. The summed E-state index contributed by atoms with van der Waals surface area (Å²) in [6.07, 6.45) is 1.79. The molecule has 2 aromatic heterocycles. The summed E-state index contributed by atoms with van der Waals surface area (Å²) in [5.74, 6) is 0.313. The number of hydrogen-bond donors (Lipinski definition) is 1. The number of rotatable bonds is 2. The lowest BCUT2D eigenvalue weighted by atomic mass is 10.1. The van der Waals surface area contributed by atoms with Crippen molar-refractivity contribution in [3.05, 3.63) is 39.9 Å². The summed E-state index contributed by atoms with van der Waals surface area (Å²) in [7, 11) is 0. The average Bonchev–Trinajstić information content (AvgIpc) is 2.96. The predicted molar refractivity (Wildman–Crippen MR) is 79.9 cm³/mol. The second kappa shape index (κ2) is 4.79. The fourth-order valence-electron chi connectivity index (χ4n) is 1.87. The molecule has 3 rings (SSSR count). The largest absolute Gasteiger partial charge is 0.367 e. The van der Waals surface area contributed by atoms with Crippen molar-refractivity contribution in [1.82, 2.24) is 10.1 Å². The first-order valence-electron chi connectivity index (χ1n) is 5.59. The maximum atomic E-state index is 5.92. The number of thiazole rings is 1. The highest BCUT2D eigenvalue weighted by Gasteiger charge is 2.20. The molecule has 0 aliphatic carbocycles. The van der Waals surface area contributed by atoms with Gasteiger partial charge in [-0.1, -0.05) is 39.3 Å². The van der Waals surface area contributed by atoms with Gasteiger partial charge < -0.3 is 10.3 Å². The van der Waals surface area contributed by atoms with E-state index in [1.54, 1.807) is 17.5 Å². The highest BCUT2D eigenvalue weighted by molar-refractivity contribution is 9.10. The third-order valence-electron chi connectivity index (χ3n) is 2.72. The van der Waals surface area contributed by atoms with Gasteiger partial charge in [0.25, 0.3) is 0 Å². The maximum Gasteiger partial charge on any atom is 0.230 e. The third-order valence-corrected chi connectivity index (χ3v) is 4.33. The van der Waals surface area contributed by atoms with Gasteiger partial charge in [-0.05, 0) is 13.0 Å². The topological polar surface area (TPSA) is 64.9 Å². The molecule has 0 unspecified atom stereocenters. The van der Waals surface area contributed by atoms with Gasteiger partial charge in [0, 0.05) is 16.2 Å². The normalized spacial score (nSPS) is 10.8. The summed E-state index contributed by atoms with van der Waals surface area (Å²) in [4.78, 5) is 5.19. The van der Waals surface area contributed by atoms with E-state index in [9.17, 15) is 0 Å². The Balaban J connectivity index is 2.22. The molecular formula is C13H10BrN3OS. The number of nitrogens with zero attached hydrogens (tertiary/aromatic N) is 2. The summed E-state index contributed by atoms with van der Waals surface area (Å²) < 4.78 is 6.11. The molecule has 0 radical (unpaired) electrons. The van der Waals surface area contributed by atoms with Gasteiger partial charge in [-0.3, -0.25) is 0 Å². The van der Waals surface area contributed by atoms with Crippen molar-refractivity contribution in [3.63, 3.8) is 0 Å². The third kappa shape index (κ3) is 2.17. The van der Waals surface area contributed by atoms with Crippen LogP contribution in [0.5, 0.6) is 0 Å². The lowest BCUT2D eigenvalue weighted by Crippen LogP contribution is -1.87. The highest BCUT2D eigenvalue weighted by Crippen LogP contribution is 2.40. The van der Waals surface area contributed by atoms with Crippen LogP contribution in [0.2, 0.25) is 0 Å². The van der Waals surface area contributed by atoms with Crippen molar-refractivity contribution in [3.8, 4) is 21.7 Å². The molecular weight excluding hydrogens is 326 g/mol. The number of nitrogens with two attached hydrogens (primary N) is 1. The van der Waals surface area contributed by atoms with E-state index in [2.05, 4.69) is 26.1 Å². The molecule has 4 nitrogen and oxygen atoms in total. The van der Waals surface area contributed by atoms with Crippen LogP contribution in [0, 0.1) is 6.92 Å². The summed E-state index contributed by atoms with van der Waals surface area (Å²) in [5.41, 5.74) is 8.41. The van der Waals surface area contributed by atoms with Crippen molar-refractivity contribution in [2.75, 3.05) is 5.73 Å². The average molecular weight is 336 g/mol. The number of nitrogen functional groups attached to an aromatic ring is 1. The molecule has 0 saturated heterocycles. The molecule has 19 heavy (non-hydrogen) atoms. The number of hydrogen-bond acceptors (Lipinski definition) is 5. The number of benzene rings is 1. The van der Waals surface area contributed by atoms with Gasteiger partial charge in [0.2, 0.25) is 5.88 Å². The minimum Gasteiger partial charge on any atom is -0.367 e. The van der Waals surface area contributed by atoms with E-state index in [4.69, 9.17) is 10.3 Å². The molecule has 0 aliphatic rings. The van der Waals surface area contributed by atoms with E-state index >= 15 is 0 Å². The zero-order chi connectivity index (χ0) is 13.4. The van der Waals surface area contributed by atoms with Gasteiger partial charge >= 0.3 is 0 Å². The molecule has 0 fully saturated rings. The van der Waals surface area contributed by atoms with Crippen molar-refractivity contribution in [2.24, 2.45) is 0 Å². The van der Waals surface area contributed by atoms with Crippen molar-refractivity contribution in [1.29, 1.82) is 0 Å². The Morgan fingerprint density at radius 3 is 2.79 bits per heavy atom. The maximum absolute atomic E-state index is 5.92. The molecule has 0 bridgehead atoms. The van der Waals surface area contributed by atoms with Gasteiger partial charge in [-0.15, -0.1) is 11.3 Å². The first-order chi connectivity index (χ1) is 9.16. The molecule has 0 atom stereocenters. The van der Waals surface area contributed by atoms with Crippen LogP contribution in [0.1, 0.15) is 5.01 Å².